The van der Waals surface area contributed by atoms with Crippen LogP contribution in [0.2, 0.25) is 0 Å². The van der Waals surface area contributed by atoms with Crippen molar-refractivity contribution in [2.75, 3.05) is 6.54 Å². The Bertz CT molecular complexity index is 467. The number of benzene rings is 1. The summed E-state index contributed by atoms with van der Waals surface area (Å²) in [7, 11) is 0. The highest BCUT2D eigenvalue weighted by molar-refractivity contribution is 5.17. The van der Waals surface area contributed by atoms with Gasteiger partial charge in [-0.2, -0.15) is 5.10 Å². The molecule has 0 bridgehead atoms. The van der Waals surface area contributed by atoms with Crippen molar-refractivity contribution < 1.29 is 9.13 Å². The predicted molar refractivity (Wildman–Crippen MR) is 62.0 cm³/mol. The first-order chi connectivity index (χ1) is 8.28. The minimum Gasteiger partial charge on any atom is -0.486 e. The SMILES string of the molecule is NCCn1cc(OCc2ccc(F)cc2)cn1. The molecule has 1 aromatic carbocycles. The number of aromatic nitrogens is 2. The molecule has 5 heteroatoms. The Morgan fingerprint density at radius 3 is 2.76 bits per heavy atom. The van der Waals surface area contributed by atoms with Gasteiger partial charge >= 0.3 is 0 Å². The molecule has 2 aromatic rings. The maximum absolute atomic E-state index is 12.7. The topological polar surface area (TPSA) is 53.1 Å². The van der Waals surface area contributed by atoms with Crippen LogP contribution >= 0.6 is 0 Å². The van der Waals surface area contributed by atoms with Crippen molar-refractivity contribution in [3.05, 3.63) is 48.0 Å². The molecule has 0 aliphatic heterocycles. The van der Waals surface area contributed by atoms with Crippen LogP contribution in [0.4, 0.5) is 4.39 Å². The van der Waals surface area contributed by atoms with E-state index in [2.05, 4.69) is 5.10 Å². The second-order valence-corrected chi connectivity index (χ2v) is 3.64. The first-order valence-electron chi connectivity index (χ1n) is 5.37. The van der Waals surface area contributed by atoms with Crippen LogP contribution in [0.3, 0.4) is 0 Å². The zero-order valence-corrected chi connectivity index (χ0v) is 9.34. The van der Waals surface area contributed by atoms with E-state index in [1.165, 1.54) is 12.1 Å². The van der Waals surface area contributed by atoms with E-state index in [4.69, 9.17) is 10.5 Å². The highest BCUT2D eigenvalue weighted by Gasteiger charge is 2.00. The lowest BCUT2D eigenvalue weighted by molar-refractivity contribution is 0.305. The first kappa shape index (κ1) is 11.6. The fraction of sp³-hybridized carbons (Fsp3) is 0.250. The minimum absolute atomic E-state index is 0.246. The lowest BCUT2D eigenvalue weighted by Gasteiger charge is -2.03. The zero-order valence-electron chi connectivity index (χ0n) is 9.34. The highest BCUT2D eigenvalue weighted by Crippen LogP contribution is 2.11. The largest absolute Gasteiger partial charge is 0.486 e. The second kappa shape index (κ2) is 5.45. The molecule has 0 fully saturated rings. The molecule has 0 radical (unpaired) electrons. The van der Waals surface area contributed by atoms with Crippen LogP contribution < -0.4 is 10.5 Å². The lowest BCUT2D eigenvalue weighted by Crippen LogP contribution is -2.09. The van der Waals surface area contributed by atoms with E-state index >= 15 is 0 Å². The van der Waals surface area contributed by atoms with Gasteiger partial charge in [-0.05, 0) is 17.7 Å². The maximum Gasteiger partial charge on any atom is 0.157 e. The molecule has 1 heterocycles. The summed E-state index contributed by atoms with van der Waals surface area (Å²) in [5.41, 5.74) is 6.33. The molecule has 2 N–H and O–H groups in total. The molecule has 4 nitrogen and oxygen atoms in total. The molecule has 90 valence electrons. The van der Waals surface area contributed by atoms with Gasteiger partial charge in [0.2, 0.25) is 0 Å². The Kier molecular flexibility index (Phi) is 3.72. The zero-order chi connectivity index (χ0) is 12.1. The smallest absolute Gasteiger partial charge is 0.157 e. The highest BCUT2D eigenvalue weighted by atomic mass is 19.1. The van der Waals surface area contributed by atoms with Crippen LogP contribution in [0.5, 0.6) is 5.75 Å². The number of nitrogens with zero attached hydrogens (tertiary/aromatic N) is 2. The maximum atomic E-state index is 12.7. The Hall–Kier alpha value is -1.88. The number of ether oxygens (including phenoxy) is 1. The Labute approximate surface area is 98.8 Å². The molecule has 0 saturated heterocycles. The summed E-state index contributed by atoms with van der Waals surface area (Å²) in [5.74, 6) is 0.437. The van der Waals surface area contributed by atoms with Crippen LogP contribution in [0.1, 0.15) is 5.56 Å². The number of halogens is 1. The quantitative estimate of drug-likeness (QED) is 0.855. The Balaban J connectivity index is 1.90. The van der Waals surface area contributed by atoms with Crippen LogP contribution in [-0.4, -0.2) is 16.3 Å². The average molecular weight is 235 g/mol. The number of hydrogen-bond acceptors (Lipinski definition) is 3. The standard InChI is InChI=1S/C12H14FN3O/c13-11-3-1-10(2-4-11)9-17-12-7-15-16(8-12)6-5-14/h1-4,7-8H,5-6,9,14H2. The van der Waals surface area contributed by atoms with Gasteiger partial charge in [0.1, 0.15) is 12.4 Å². The van der Waals surface area contributed by atoms with Crippen LogP contribution in [-0.2, 0) is 13.2 Å². The van der Waals surface area contributed by atoms with Crippen molar-refractivity contribution in [1.82, 2.24) is 9.78 Å². The summed E-state index contributed by atoms with van der Waals surface area (Å²) < 4.78 is 19.9. The van der Waals surface area contributed by atoms with Crippen molar-refractivity contribution in [1.29, 1.82) is 0 Å². The average Bonchev–Trinajstić information content (AvgIpc) is 2.77. The summed E-state index contributed by atoms with van der Waals surface area (Å²) in [6.07, 6.45) is 3.43. The molecule has 17 heavy (non-hydrogen) atoms. The summed E-state index contributed by atoms with van der Waals surface area (Å²) in [4.78, 5) is 0. The van der Waals surface area contributed by atoms with Crippen molar-refractivity contribution in [2.24, 2.45) is 5.73 Å². The van der Waals surface area contributed by atoms with Gasteiger partial charge in [0.25, 0.3) is 0 Å². The number of nitrogens with two attached hydrogens (primary N) is 1. The summed E-state index contributed by atoms with van der Waals surface area (Å²) in [5, 5.41) is 4.08. The van der Waals surface area contributed by atoms with E-state index in [0.29, 0.717) is 25.4 Å². The second-order valence-electron chi connectivity index (χ2n) is 3.64. The molecule has 0 aliphatic rings. The van der Waals surface area contributed by atoms with Crippen molar-refractivity contribution in [3.8, 4) is 5.75 Å². The fourth-order valence-corrected chi connectivity index (χ4v) is 1.42. The third kappa shape index (κ3) is 3.29. The van der Waals surface area contributed by atoms with Gasteiger partial charge in [0, 0.05) is 6.54 Å². The molecule has 0 unspecified atom stereocenters. The van der Waals surface area contributed by atoms with E-state index in [1.54, 1.807) is 29.2 Å². The molecule has 2 rings (SSSR count). The van der Waals surface area contributed by atoms with Crippen LogP contribution in [0.15, 0.2) is 36.7 Å². The summed E-state index contributed by atoms with van der Waals surface area (Å²) >= 11 is 0. The molecule has 0 amide bonds. The van der Waals surface area contributed by atoms with Crippen LogP contribution in [0, 0.1) is 5.82 Å². The normalized spacial score (nSPS) is 10.5. The molecule has 0 spiro atoms. The number of hydrogen-bond donors (Lipinski definition) is 1. The molecular formula is C12H14FN3O. The first-order valence-corrected chi connectivity index (χ1v) is 5.37. The monoisotopic (exact) mass is 235 g/mol. The van der Waals surface area contributed by atoms with Gasteiger partial charge in [-0.25, -0.2) is 4.39 Å². The molecule has 0 atom stereocenters. The Morgan fingerprint density at radius 2 is 2.06 bits per heavy atom. The van der Waals surface area contributed by atoms with E-state index in [9.17, 15) is 4.39 Å². The number of rotatable bonds is 5. The van der Waals surface area contributed by atoms with E-state index in [1.807, 2.05) is 0 Å². The van der Waals surface area contributed by atoms with Gasteiger partial charge in [-0.3, -0.25) is 4.68 Å². The van der Waals surface area contributed by atoms with E-state index in [-0.39, 0.29) is 5.82 Å². The van der Waals surface area contributed by atoms with Crippen molar-refractivity contribution in [2.45, 2.75) is 13.2 Å². The van der Waals surface area contributed by atoms with Gasteiger partial charge < -0.3 is 10.5 Å². The van der Waals surface area contributed by atoms with Gasteiger partial charge in [0.05, 0.1) is 18.9 Å². The summed E-state index contributed by atoms with van der Waals surface area (Å²) in [6.45, 7) is 1.60. The lowest BCUT2D eigenvalue weighted by atomic mass is 10.2. The summed E-state index contributed by atoms with van der Waals surface area (Å²) in [6, 6.07) is 6.21. The van der Waals surface area contributed by atoms with Gasteiger partial charge in [-0.15, -0.1) is 0 Å². The molecule has 0 aliphatic carbocycles. The molecule has 1 aromatic heterocycles. The van der Waals surface area contributed by atoms with E-state index < -0.39 is 0 Å². The Morgan fingerprint density at radius 1 is 1.29 bits per heavy atom. The third-order valence-electron chi connectivity index (χ3n) is 2.29. The van der Waals surface area contributed by atoms with Crippen LogP contribution in [0.25, 0.3) is 0 Å². The van der Waals surface area contributed by atoms with Gasteiger partial charge in [-0.1, -0.05) is 12.1 Å². The minimum atomic E-state index is -0.246. The van der Waals surface area contributed by atoms with Gasteiger partial charge in [0.15, 0.2) is 5.75 Å². The third-order valence-corrected chi connectivity index (χ3v) is 2.29. The fourth-order valence-electron chi connectivity index (χ4n) is 1.42. The van der Waals surface area contributed by atoms with Crippen molar-refractivity contribution in [3.63, 3.8) is 0 Å². The molecule has 0 saturated carbocycles. The van der Waals surface area contributed by atoms with Crippen molar-refractivity contribution >= 4 is 0 Å². The predicted octanol–water partition coefficient (Wildman–Crippen LogP) is 1.56. The van der Waals surface area contributed by atoms with E-state index in [0.717, 1.165) is 5.56 Å². The molecular weight excluding hydrogens is 221 g/mol.